The maximum atomic E-state index is 11.7. The molecule has 2 saturated heterocycles. The molecule has 2 N–H and O–H groups in total. The highest BCUT2D eigenvalue weighted by molar-refractivity contribution is 6.28. The number of hydrogen-bond donors (Lipinski definition) is 1. The van der Waals surface area contributed by atoms with E-state index in [1.54, 1.807) is 0 Å². The van der Waals surface area contributed by atoms with Crippen LogP contribution in [0.3, 0.4) is 0 Å². The Kier molecular flexibility index (Phi) is 5.63. The first-order valence-corrected chi connectivity index (χ1v) is 10.6. The molecule has 0 aliphatic carbocycles. The number of nitrogens with zero attached hydrogens (tertiary/aromatic N) is 6. The molecular formula is C19H28ClN7O2. The average Bonchev–Trinajstić information content (AvgIpc) is 3.06. The zero-order valence-electron chi connectivity index (χ0n) is 17.0. The van der Waals surface area contributed by atoms with E-state index in [1.807, 2.05) is 6.92 Å². The van der Waals surface area contributed by atoms with Crippen molar-refractivity contribution in [2.24, 2.45) is 11.1 Å². The van der Waals surface area contributed by atoms with Gasteiger partial charge in [-0.15, -0.1) is 0 Å². The molecule has 0 spiro atoms. The van der Waals surface area contributed by atoms with Crippen LogP contribution in [0, 0.1) is 5.41 Å². The average molecular weight is 422 g/mol. The molecule has 1 amide bonds. The second-order valence-electron chi connectivity index (χ2n) is 8.06. The number of carbonyl (C=O) groups is 1. The van der Waals surface area contributed by atoms with Crippen LogP contribution < -0.4 is 10.6 Å². The molecule has 0 bridgehead atoms. The number of aryl methyl sites for hydroxylation is 1. The van der Waals surface area contributed by atoms with Gasteiger partial charge in [0.15, 0.2) is 17.0 Å². The third kappa shape index (κ3) is 3.91. The second-order valence-corrected chi connectivity index (χ2v) is 8.40. The number of morpholine rings is 1. The lowest BCUT2D eigenvalue weighted by molar-refractivity contribution is -0.129. The number of primary amides is 1. The van der Waals surface area contributed by atoms with Gasteiger partial charge in [-0.05, 0) is 44.5 Å². The number of piperidine rings is 1. The number of nitrogens with two attached hydrogens (primary N) is 1. The predicted molar refractivity (Wildman–Crippen MR) is 111 cm³/mol. The SMILES string of the molecule is CCn1c(CN2CCC(C)(C(N)=O)CC2)nc2c(N3CCOCC3)nc(Cl)nc21. The number of amides is 1. The van der Waals surface area contributed by atoms with Crippen molar-refractivity contribution < 1.29 is 9.53 Å². The predicted octanol–water partition coefficient (Wildman–Crippen LogP) is 1.42. The molecule has 0 saturated carbocycles. The molecule has 4 rings (SSSR count). The summed E-state index contributed by atoms with van der Waals surface area (Å²) >= 11 is 6.26. The van der Waals surface area contributed by atoms with Gasteiger partial charge in [0.05, 0.1) is 19.8 Å². The number of hydrogen-bond acceptors (Lipinski definition) is 7. The Balaban J connectivity index is 1.62. The number of imidazole rings is 1. The normalized spacial score (nSPS) is 20.3. The Morgan fingerprint density at radius 1 is 1.17 bits per heavy atom. The highest BCUT2D eigenvalue weighted by Crippen LogP contribution is 2.32. The molecule has 2 aliphatic rings. The lowest BCUT2D eigenvalue weighted by Crippen LogP contribution is -2.45. The van der Waals surface area contributed by atoms with Gasteiger partial charge in [0.2, 0.25) is 11.2 Å². The number of anilines is 1. The summed E-state index contributed by atoms with van der Waals surface area (Å²) in [5.41, 5.74) is 6.72. The second kappa shape index (κ2) is 8.04. The van der Waals surface area contributed by atoms with Crippen LogP contribution in [-0.4, -0.2) is 69.7 Å². The maximum Gasteiger partial charge on any atom is 0.226 e. The van der Waals surface area contributed by atoms with Crippen molar-refractivity contribution in [3.05, 3.63) is 11.1 Å². The Labute approximate surface area is 175 Å². The van der Waals surface area contributed by atoms with Gasteiger partial charge < -0.3 is 19.9 Å². The third-order valence-corrected chi connectivity index (χ3v) is 6.34. The van der Waals surface area contributed by atoms with Gasteiger partial charge in [-0.3, -0.25) is 9.69 Å². The molecule has 0 atom stereocenters. The van der Waals surface area contributed by atoms with Crippen LogP contribution in [0.15, 0.2) is 0 Å². The third-order valence-electron chi connectivity index (χ3n) is 6.17. The zero-order chi connectivity index (χ0) is 20.6. The molecule has 2 aliphatic heterocycles. The van der Waals surface area contributed by atoms with Crippen LogP contribution in [0.4, 0.5) is 5.82 Å². The quantitative estimate of drug-likeness (QED) is 0.728. The topological polar surface area (TPSA) is 102 Å². The number of rotatable bonds is 5. The fourth-order valence-corrected chi connectivity index (χ4v) is 4.27. The van der Waals surface area contributed by atoms with E-state index in [9.17, 15) is 4.79 Å². The van der Waals surface area contributed by atoms with Crippen LogP contribution in [0.1, 0.15) is 32.5 Å². The molecule has 0 aromatic carbocycles. The minimum atomic E-state index is -0.413. The first kappa shape index (κ1) is 20.3. The fraction of sp³-hybridized carbons (Fsp3) is 0.684. The van der Waals surface area contributed by atoms with Crippen molar-refractivity contribution in [1.82, 2.24) is 24.4 Å². The van der Waals surface area contributed by atoms with E-state index in [-0.39, 0.29) is 11.2 Å². The number of carbonyl (C=O) groups excluding carboxylic acids is 1. The molecule has 2 fully saturated rings. The standard InChI is InChI=1S/C19H28ClN7O2/c1-3-27-13(12-25-6-4-19(2,5-7-25)17(21)28)22-14-15(23-18(20)24-16(14)27)26-8-10-29-11-9-26/h3-12H2,1-2H3,(H2,21,28). The molecule has 4 heterocycles. The molecule has 2 aromatic heterocycles. The molecule has 10 heteroatoms. The molecule has 158 valence electrons. The van der Waals surface area contributed by atoms with Crippen LogP contribution in [0.2, 0.25) is 5.28 Å². The van der Waals surface area contributed by atoms with Crippen LogP contribution in [0.5, 0.6) is 0 Å². The number of ether oxygens (including phenoxy) is 1. The zero-order valence-corrected chi connectivity index (χ0v) is 17.8. The van der Waals surface area contributed by atoms with Gasteiger partial charge in [-0.25, -0.2) is 4.98 Å². The lowest BCUT2D eigenvalue weighted by Gasteiger charge is -2.37. The summed E-state index contributed by atoms with van der Waals surface area (Å²) in [7, 11) is 0. The summed E-state index contributed by atoms with van der Waals surface area (Å²) in [6, 6.07) is 0. The maximum absolute atomic E-state index is 11.7. The van der Waals surface area contributed by atoms with Gasteiger partial charge in [-0.1, -0.05) is 6.92 Å². The van der Waals surface area contributed by atoms with E-state index >= 15 is 0 Å². The number of halogens is 1. The minimum Gasteiger partial charge on any atom is -0.378 e. The van der Waals surface area contributed by atoms with E-state index in [2.05, 4.69) is 31.3 Å². The van der Waals surface area contributed by atoms with Crippen molar-refractivity contribution >= 4 is 34.5 Å². The Hall–Kier alpha value is -1.97. The summed E-state index contributed by atoms with van der Waals surface area (Å²) < 4.78 is 7.57. The lowest BCUT2D eigenvalue weighted by atomic mass is 9.80. The highest BCUT2D eigenvalue weighted by Gasteiger charge is 2.35. The smallest absolute Gasteiger partial charge is 0.226 e. The van der Waals surface area contributed by atoms with Gasteiger partial charge in [0.1, 0.15) is 5.82 Å². The van der Waals surface area contributed by atoms with E-state index in [4.69, 9.17) is 27.1 Å². The molecule has 9 nitrogen and oxygen atoms in total. The highest BCUT2D eigenvalue weighted by atomic mass is 35.5. The van der Waals surface area contributed by atoms with Gasteiger partial charge in [-0.2, -0.15) is 9.97 Å². The van der Waals surface area contributed by atoms with E-state index in [1.165, 1.54) is 0 Å². The molecular weight excluding hydrogens is 394 g/mol. The first-order valence-electron chi connectivity index (χ1n) is 10.2. The van der Waals surface area contributed by atoms with Crippen molar-refractivity contribution in [3.63, 3.8) is 0 Å². The van der Waals surface area contributed by atoms with Gasteiger partial charge in [0.25, 0.3) is 0 Å². The van der Waals surface area contributed by atoms with Crippen molar-refractivity contribution in [3.8, 4) is 0 Å². The summed E-state index contributed by atoms with van der Waals surface area (Å²) in [5, 5.41) is 0.232. The van der Waals surface area contributed by atoms with Gasteiger partial charge >= 0.3 is 0 Å². The van der Waals surface area contributed by atoms with E-state index < -0.39 is 5.41 Å². The Morgan fingerprint density at radius 2 is 1.86 bits per heavy atom. The Morgan fingerprint density at radius 3 is 2.48 bits per heavy atom. The monoisotopic (exact) mass is 421 g/mol. The van der Waals surface area contributed by atoms with Crippen molar-refractivity contribution in [2.75, 3.05) is 44.3 Å². The van der Waals surface area contributed by atoms with Crippen LogP contribution in [-0.2, 0) is 22.6 Å². The fourth-order valence-electron chi connectivity index (χ4n) is 4.11. The van der Waals surface area contributed by atoms with Crippen molar-refractivity contribution in [1.29, 1.82) is 0 Å². The molecule has 29 heavy (non-hydrogen) atoms. The summed E-state index contributed by atoms with van der Waals surface area (Å²) in [6.07, 6.45) is 1.53. The number of likely N-dealkylation sites (tertiary alicyclic amines) is 1. The van der Waals surface area contributed by atoms with Gasteiger partial charge in [0, 0.05) is 25.0 Å². The number of fused-ring (bicyclic) bond motifs is 1. The largest absolute Gasteiger partial charge is 0.378 e. The molecule has 0 unspecified atom stereocenters. The summed E-state index contributed by atoms with van der Waals surface area (Å²) in [4.78, 5) is 30.1. The number of aromatic nitrogens is 4. The molecule has 0 radical (unpaired) electrons. The molecule has 2 aromatic rings. The van der Waals surface area contributed by atoms with Crippen LogP contribution in [0.25, 0.3) is 11.2 Å². The van der Waals surface area contributed by atoms with Crippen LogP contribution >= 0.6 is 11.6 Å². The minimum absolute atomic E-state index is 0.210. The first-order chi connectivity index (χ1) is 13.9. The summed E-state index contributed by atoms with van der Waals surface area (Å²) in [6.45, 7) is 9.95. The van der Waals surface area contributed by atoms with E-state index in [0.717, 1.165) is 68.4 Å². The summed E-state index contributed by atoms with van der Waals surface area (Å²) in [5.74, 6) is 1.51. The van der Waals surface area contributed by atoms with E-state index in [0.29, 0.717) is 19.8 Å². The Bertz CT molecular complexity index is 902. The van der Waals surface area contributed by atoms with Crippen molar-refractivity contribution in [2.45, 2.75) is 39.8 Å².